The SMILES string of the molecule is O=S(=O)(c1cccc2cccnc12)N1CCC(Oc2ccncc2Br)C1. The van der Waals surface area contributed by atoms with Gasteiger partial charge in [0.1, 0.15) is 16.7 Å². The molecule has 3 heterocycles. The average Bonchev–Trinajstić information content (AvgIpc) is 3.12. The molecule has 6 nitrogen and oxygen atoms in total. The lowest BCUT2D eigenvalue weighted by Crippen LogP contribution is -2.31. The van der Waals surface area contributed by atoms with Crippen LogP contribution in [0, 0.1) is 0 Å². The molecule has 0 N–H and O–H groups in total. The Morgan fingerprint density at radius 3 is 2.85 bits per heavy atom. The lowest BCUT2D eigenvalue weighted by molar-refractivity contribution is 0.214. The summed E-state index contributed by atoms with van der Waals surface area (Å²) in [6, 6.07) is 10.6. The Kier molecular flexibility index (Phi) is 4.64. The van der Waals surface area contributed by atoms with Crippen molar-refractivity contribution in [2.45, 2.75) is 17.4 Å². The van der Waals surface area contributed by atoms with Crippen molar-refractivity contribution in [2.24, 2.45) is 0 Å². The molecule has 0 radical (unpaired) electrons. The van der Waals surface area contributed by atoms with E-state index >= 15 is 0 Å². The first kappa shape index (κ1) is 17.4. The molecular weight excluding hydrogens is 418 g/mol. The molecule has 0 amide bonds. The van der Waals surface area contributed by atoms with Gasteiger partial charge in [-0.15, -0.1) is 0 Å². The molecule has 1 aromatic carbocycles. The molecular formula is C18H16BrN3O3S. The molecule has 1 unspecified atom stereocenters. The van der Waals surface area contributed by atoms with Gasteiger partial charge in [0, 0.05) is 30.5 Å². The zero-order valence-corrected chi connectivity index (χ0v) is 16.1. The maximum atomic E-state index is 13.1. The maximum absolute atomic E-state index is 13.1. The Balaban J connectivity index is 1.59. The van der Waals surface area contributed by atoms with Crippen LogP contribution in [-0.4, -0.2) is 41.9 Å². The van der Waals surface area contributed by atoms with Gasteiger partial charge in [0.2, 0.25) is 10.0 Å². The van der Waals surface area contributed by atoms with Crippen molar-refractivity contribution >= 4 is 36.9 Å². The summed E-state index contributed by atoms with van der Waals surface area (Å²) in [7, 11) is -3.63. The largest absolute Gasteiger partial charge is 0.488 e. The van der Waals surface area contributed by atoms with Gasteiger partial charge in [-0.25, -0.2) is 8.42 Å². The molecule has 0 aliphatic carbocycles. The second-order valence-electron chi connectivity index (χ2n) is 6.03. The molecule has 1 atom stereocenters. The molecule has 4 rings (SSSR count). The zero-order valence-electron chi connectivity index (χ0n) is 13.7. The molecule has 26 heavy (non-hydrogen) atoms. The van der Waals surface area contributed by atoms with Crippen LogP contribution in [-0.2, 0) is 10.0 Å². The summed E-state index contributed by atoms with van der Waals surface area (Å²) in [6.45, 7) is 0.721. The monoisotopic (exact) mass is 433 g/mol. The number of aromatic nitrogens is 2. The number of hydrogen-bond acceptors (Lipinski definition) is 5. The first-order chi connectivity index (χ1) is 12.6. The number of nitrogens with zero attached hydrogens (tertiary/aromatic N) is 3. The first-order valence-electron chi connectivity index (χ1n) is 8.16. The third kappa shape index (κ3) is 3.20. The van der Waals surface area contributed by atoms with Gasteiger partial charge in [0.25, 0.3) is 0 Å². The molecule has 0 bridgehead atoms. The Bertz CT molecular complexity index is 1050. The van der Waals surface area contributed by atoms with E-state index in [1.165, 1.54) is 4.31 Å². The van der Waals surface area contributed by atoms with E-state index in [1.54, 1.807) is 42.9 Å². The van der Waals surface area contributed by atoms with E-state index in [1.807, 2.05) is 12.1 Å². The molecule has 1 fully saturated rings. The molecule has 0 saturated carbocycles. The Morgan fingerprint density at radius 2 is 2.00 bits per heavy atom. The standard InChI is InChI=1S/C18H16BrN3O3S/c19-15-11-20-9-6-16(15)25-14-7-10-22(12-14)26(23,24)17-5-1-3-13-4-2-8-21-18(13)17/h1-6,8-9,11,14H,7,10,12H2. The molecule has 2 aromatic heterocycles. The summed E-state index contributed by atoms with van der Waals surface area (Å²) in [4.78, 5) is 8.51. The molecule has 1 aliphatic heterocycles. The zero-order chi connectivity index (χ0) is 18.1. The second-order valence-corrected chi connectivity index (χ2v) is 8.79. The number of fused-ring (bicyclic) bond motifs is 1. The third-order valence-corrected chi connectivity index (χ3v) is 6.84. The molecule has 0 spiro atoms. The summed E-state index contributed by atoms with van der Waals surface area (Å²) in [5, 5.41) is 0.807. The number of sulfonamides is 1. The molecule has 1 saturated heterocycles. The fraction of sp³-hybridized carbons (Fsp3) is 0.222. The summed E-state index contributed by atoms with van der Waals surface area (Å²) in [5.74, 6) is 0.663. The van der Waals surface area contributed by atoms with E-state index in [4.69, 9.17) is 4.74 Å². The molecule has 8 heteroatoms. The van der Waals surface area contributed by atoms with Crippen molar-refractivity contribution in [1.82, 2.24) is 14.3 Å². The first-order valence-corrected chi connectivity index (χ1v) is 10.4. The fourth-order valence-electron chi connectivity index (χ4n) is 3.07. The van der Waals surface area contributed by atoms with Gasteiger partial charge >= 0.3 is 0 Å². The lowest BCUT2D eigenvalue weighted by atomic mass is 10.2. The minimum atomic E-state index is -3.63. The predicted molar refractivity (Wildman–Crippen MR) is 101 cm³/mol. The topological polar surface area (TPSA) is 72.4 Å². The highest BCUT2D eigenvalue weighted by atomic mass is 79.9. The minimum Gasteiger partial charge on any atom is -0.488 e. The number of para-hydroxylation sites is 1. The lowest BCUT2D eigenvalue weighted by Gasteiger charge is -2.18. The van der Waals surface area contributed by atoms with Gasteiger partial charge in [0.15, 0.2) is 0 Å². The predicted octanol–water partition coefficient (Wildman–Crippen LogP) is 3.23. The van der Waals surface area contributed by atoms with Crippen molar-refractivity contribution in [2.75, 3.05) is 13.1 Å². The van der Waals surface area contributed by atoms with Crippen LogP contribution in [0.15, 0.2) is 64.4 Å². The van der Waals surface area contributed by atoms with Crippen molar-refractivity contribution in [1.29, 1.82) is 0 Å². The second kappa shape index (κ2) is 6.94. The summed E-state index contributed by atoms with van der Waals surface area (Å²) in [5.41, 5.74) is 0.497. The van der Waals surface area contributed by atoms with Gasteiger partial charge < -0.3 is 4.74 Å². The van der Waals surface area contributed by atoms with Gasteiger partial charge in [0.05, 0.1) is 16.5 Å². The Labute approximate surface area is 160 Å². The summed E-state index contributed by atoms with van der Waals surface area (Å²) in [6.07, 6.45) is 5.34. The van der Waals surface area contributed by atoms with Gasteiger partial charge in [-0.05, 0) is 40.5 Å². The van der Waals surface area contributed by atoms with Crippen LogP contribution < -0.4 is 4.74 Å². The Hall–Kier alpha value is -2.03. The van der Waals surface area contributed by atoms with Crippen LogP contribution >= 0.6 is 15.9 Å². The van der Waals surface area contributed by atoms with Gasteiger partial charge in [-0.2, -0.15) is 4.31 Å². The van der Waals surface area contributed by atoms with E-state index in [9.17, 15) is 8.42 Å². The van der Waals surface area contributed by atoms with Crippen LogP contribution in [0.25, 0.3) is 10.9 Å². The number of rotatable bonds is 4. The summed E-state index contributed by atoms with van der Waals surface area (Å²) >= 11 is 3.39. The van der Waals surface area contributed by atoms with Crippen LogP contribution in [0.2, 0.25) is 0 Å². The minimum absolute atomic E-state index is 0.202. The van der Waals surface area contributed by atoms with Crippen LogP contribution in [0.5, 0.6) is 5.75 Å². The highest BCUT2D eigenvalue weighted by Crippen LogP contribution is 2.30. The van der Waals surface area contributed by atoms with Crippen molar-refractivity contribution in [3.63, 3.8) is 0 Å². The fourth-order valence-corrected chi connectivity index (χ4v) is 5.07. The maximum Gasteiger partial charge on any atom is 0.245 e. The normalized spacial score (nSPS) is 18.3. The van der Waals surface area contributed by atoms with Crippen LogP contribution in [0.4, 0.5) is 0 Å². The van der Waals surface area contributed by atoms with Crippen LogP contribution in [0.3, 0.4) is 0 Å². The number of hydrogen-bond donors (Lipinski definition) is 0. The number of benzene rings is 1. The van der Waals surface area contributed by atoms with E-state index in [2.05, 4.69) is 25.9 Å². The summed E-state index contributed by atoms with van der Waals surface area (Å²) < 4.78 is 34.4. The third-order valence-electron chi connectivity index (χ3n) is 4.35. The average molecular weight is 434 g/mol. The number of ether oxygens (including phenoxy) is 1. The van der Waals surface area contributed by atoms with E-state index in [-0.39, 0.29) is 11.0 Å². The highest BCUT2D eigenvalue weighted by Gasteiger charge is 2.35. The van der Waals surface area contributed by atoms with E-state index in [0.717, 1.165) is 9.86 Å². The molecule has 134 valence electrons. The smallest absolute Gasteiger partial charge is 0.245 e. The van der Waals surface area contributed by atoms with Gasteiger partial charge in [-0.1, -0.05) is 18.2 Å². The molecule has 1 aliphatic rings. The van der Waals surface area contributed by atoms with E-state index in [0.29, 0.717) is 30.8 Å². The molecule has 3 aromatic rings. The van der Waals surface area contributed by atoms with Crippen LogP contribution in [0.1, 0.15) is 6.42 Å². The van der Waals surface area contributed by atoms with Crippen molar-refractivity contribution < 1.29 is 13.2 Å². The van der Waals surface area contributed by atoms with Crippen molar-refractivity contribution in [3.05, 3.63) is 59.5 Å². The number of pyridine rings is 2. The Morgan fingerprint density at radius 1 is 1.15 bits per heavy atom. The number of halogens is 1. The van der Waals surface area contributed by atoms with Crippen molar-refractivity contribution in [3.8, 4) is 5.75 Å². The highest BCUT2D eigenvalue weighted by molar-refractivity contribution is 9.10. The quantitative estimate of drug-likeness (QED) is 0.631. The van der Waals surface area contributed by atoms with E-state index < -0.39 is 10.0 Å². The van der Waals surface area contributed by atoms with Gasteiger partial charge in [-0.3, -0.25) is 9.97 Å².